The molecule has 0 aliphatic carbocycles. The number of carbonyl (C=O) groups is 2. The van der Waals surface area contributed by atoms with Gasteiger partial charge in [-0.2, -0.15) is 4.31 Å². The number of ether oxygens (including phenoxy) is 2. The molecular formula is C31H42F2N4O6S. The van der Waals surface area contributed by atoms with Crippen LogP contribution in [0.3, 0.4) is 0 Å². The first kappa shape index (κ1) is 33.8. The smallest absolute Gasteiger partial charge is 0.407 e. The summed E-state index contributed by atoms with van der Waals surface area (Å²) in [6.45, 7) is 0.883. The Bertz CT molecular complexity index is 1380. The quantitative estimate of drug-likeness (QED) is 0.306. The number of methoxy groups -OCH3 is 2. The molecule has 13 heteroatoms. The van der Waals surface area contributed by atoms with Crippen molar-refractivity contribution in [3.05, 3.63) is 65.2 Å². The molecule has 1 unspecified atom stereocenters. The van der Waals surface area contributed by atoms with Crippen LogP contribution in [0.15, 0.2) is 42.5 Å². The minimum absolute atomic E-state index is 0.105. The van der Waals surface area contributed by atoms with Crippen LogP contribution in [-0.4, -0.2) is 82.0 Å². The molecule has 0 spiro atoms. The molecule has 2 aromatic rings. The van der Waals surface area contributed by atoms with Gasteiger partial charge in [0.25, 0.3) is 0 Å². The lowest BCUT2D eigenvalue weighted by molar-refractivity contribution is -0.118. The Balaban J connectivity index is 1.41. The highest BCUT2D eigenvalue weighted by atomic mass is 32.2. The van der Waals surface area contributed by atoms with Crippen molar-refractivity contribution < 1.29 is 36.3 Å². The number of amides is 2. The van der Waals surface area contributed by atoms with Crippen LogP contribution >= 0.6 is 0 Å². The van der Waals surface area contributed by atoms with E-state index in [-0.39, 0.29) is 53.9 Å². The second kappa shape index (κ2) is 15.7. The number of nitrogens with one attached hydrogen (secondary N) is 3. The fraction of sp³-hybridized carbons (Fsp3) is 0.548. The maximum atomic E-state index is 15.1. The molecular weight excluding hydrogens is 594 g/mol. The second-order valence-corrected chi connectivity index (χ2v) is 13.4. The van der Waals surface area contributed by atoms with Crippen LogP contribution < -0.4 is 16.0 Å². The monoisotopic (exact) mass is 636 g/mol. The van der Waals surface area contributed by atoms with Crippen molar-refractivity contribution >= 4 is 27.7 Å². The van der Waals surface area contributed by atoms with Gasteiger partial charge in [-0.3, -0.25) is 4.79 Å². The Kier molecular flexibility index (Phi) is 12.1. The van der Waals surface area contributed by atoms with E-state index in [9.17, 15) is 22.4 Å². The predicted octanol–water partition coefficient (Wildman–Crippen LogP) is 3.75. The Morgan fingerprint density at radius 1 is 1.07 bits per heavy atom. The number of sulfonamides is 1. The van der Waals surface area contributed by atoms with Gasteiger partial charge in [0.15, 0.2) is 0 Å². The van der Waals surface area contributed by atoms with Crippen LogP contribution in [-0.2, 0) is 37.1 Å². The molecule has 44 heavy (non-hydrogen) atoms. The molecule has 0 saturated carbocycles. The summed E-state index contributed by atoms with van der Waals surface area (Å²) in [5.74, 6) is -1.27. The van der Waals surface area contributed by atoms with Gasteiger partial charge in [-0.1, -0.05) is 18.2 Å². The molecule has 0 radical (unpaired) electrons. The van der Waals surface area contributed by atoms with Gasteiger partial charge in [-0.15, -0.1) is 0 Å². The summed E-state index contributed by atoms with van der Waals surface area (Å²) in [7, 11) is -0.633. The topological polar surface area (TPSA) is 126 Å². The van der Waals surface area contributed by atoms with Crippen molar-refractivity contribution in [3.8, 4) is 0 Å². The molecule has 2 aliphatic rings. The molecule has 242 valence electrons. The molecule has 2 bridgehead atoms. The number of anilines is 1. The molecule has 5 atom stereocenters. The van der Waals surface area contributed by atoms with E-state index in [0.29, 0.717) is 45.2 Å². The zero-order valence-electron chi connectivity index (χ0n) is 25.2. The van der Waals surface area contributed by atoms with Crippen molar-refractivity contribution in [1.29, 1.82) is 0 Å². The fourth-order valence-electron chi connectivity index (χ4n) is 5.89. The summed E-state index contributed by atoms with van der Waals surface area (Å²) in [4.78, 5) is 25.5. The van der Waals surface area contributed by atoms with Crippen LogP contribution in [0.1, 0.15) is 49.7 Å². The summed E-state index contributed by atoms with van der Waals surface area (Å²) in [6, 6.07) is 9.39. The zero-order chi connectivity index (χ0) is 31.7. The molecule has 2 amide bonds. The van der Waals surface area contributed by atoms with E-state index in [4.69, 9.17) is 9.47 Å². The predicted molar refractivity (Wildman–Crippen MR) is 163 cm³/mol. The van der Waals surface area contributed by atoms with Crippen LogP contribution in [0.25, 0.3) is 0 Å². The van der Waals surface area contributed by atoms with E-state index < -0.39 is 33.9 Å². The maximum absolute atomic E-state index is 15.1. The number of carbonyl (C=O) groups excluding carboxylic acids is 2. The van der Waals surface area contributed by atoms with E-state index >= 15 is 4.39 Å². The van der Waals surface area contributed by atoms with Gasteiger partial charge >= 0.3 is 6.09 Å². The summed E-state index contributed by atoms with van der Waals surface area (Å²) in [6.07, 6.45) is 2.86. The van der Waals surface area contributed by atoms with Gasteiger partial charge in [-0.25, -0.2) is 22.0 Å². The average Bonchev–Trinajstić information content (AvgIpc) is 3.12. The first-order valence-electron chi connectivity index (χ1n) is 15.0. The van der Waals surface area contributed by atoms with Crippen molar-refractivity contribution in [3.63, 3.8) is 0 Å². The number of hydrogen-bond donors (Lipinski definition) is 3. The van der Waals surface area contributed by atoms with Gasteiger partial charge in [0.05, 0.1) is 19.0 Å². The lowest BCUT2D eigenvalue weighted by Crippen LogP contribution is -2.57. The summed E-state index contributed by atoms with van der Waals surface area (Å²) >= 11 is 0. The third-order valence-corrected chi connectivity index (χ3v) is 10.4. The number of nitrogens with zero attached hydrogens (tertiary/aromatic N) is 1. The highest BCUT2D eigenvalue weighted by molar-refractivity contribution is 7.89. The number of fused-ring (bicyclic) bond motifs is 2. The Morgan fingerprint density at radius 3 is 2.57 bits per heavy atom. The SMILES string of the molecule is COC(=O)N[C@@H](CC[C@H](CCc1ccc(F)cc1)OC)C(=O)Nc1cccc(F)c1CC[C@H]1CN[C@@H]2CCCS(=O)(=O)N1C2. The molecule has 10 nitrogen and oxygen atoms in total. The standard InChI is InChI=1S/C31H42F2N4O6S/c1-42-25(14-10-21-8-11-22(32)12-9-21)15-17-29(36-31(39)43-2)30(38)35-28-7-3-6-27(33)26(28)16-13-24-19-34-23-5-4-18-44(40,41)37(24)20-23/h3,6-9,11-12,23-25,29,34H,4-5,10,13-20H2,1-2H3,(H,35,38)(H,36,39)/t23-,24+,25+,29+/m1/s1. The van der Waals surface area contributed by atoms with Gasteiger partial charge in [0.2, 0.25) is 15.9 Å². The van der Waals surface area contributed by atoms with Crippen molar-refractivity contribution in [2.75, 3.05) is 38.4 Å². The molecule has 3 N–H and O–H groups in total. The molecule has 2 aliphatic heterocycles. The Morgan fingerprint density at radius 2 is 1.84 bits per heavy atom. The third-order valence-electron chi connectivity index (χ3n) is 8.44. The van der Waals surface area contributed by atoms with Gasteiger partial charge in [-0.05, 0) is 81.2 Å². The van der Waals surface area contributed by atoms with Crippen LogP contribution in [0.2, 0.25) is 0 Å². The maximum Gasteiger partial charge on any atom is 0.407 e. The molecule has 2 aromatic carbocycles. The molecule has 2 saturated heterocycles. The van der Waals surface area contributed by atoms with E-state index in [1.54, 1.807) is 29.6 Å². The number of benzene rings is 2. The van der Waals surface area contributed by atoms with Crippen LogP contribution in [0, 0.1) is 11.6 Å². The first-order chi connectivity index (χ1) is 21.1. The van der Waals surface area contributed by atoms with E-state index in [1.807, 2.05) is 0 Å². The van der Waals surface area contributed by atoms with Crippen molar-refractivity contribution in [2.24, 2.45) is 0 Å². The normalized spacial score (nSPS) is 22.3. The Hall–Kier alpha value is -3.13. The van der Waals surface area contributed by atoms with Gasteiger partial charge in [0.1, 0.15) is 17.7 Å². The minimum Gasteiger partial charge on any atom is -0.453 e. The summed E-state index contributed by atoms with van der Waals surface area (Å²) in [5, 5.41) is 8.74. The number of halogens is 2. The average molecular weight is 637 g/mol. The zero-order valence-corrected chi connectivity index (χ0v) is 26.0. The molecule has 2 fully saturated rings. The molecule has 2 heterocycles. The van der Waals surface area contributed by atoms with Crippen LogP contribution in [0.5, 0.6) is 0 Å². The lowest BCUT2D eigenvalue weighted by Gasteiger charge is -2.37. The highest BCUT2D eigenvalue weighted by Crippen LogP contribution is 2.27. The van der Waals surface area contributed by atoms with E-state index in [1.165, 1.54) is 31.4 Å². The van der Waals surface area contributed by atoms with E-state index in [0.717, 1.165) is 12.0 Å². The number of rotatable bonds is 13. The summed E-state index contributed by atoms with van der Waals surface area (Å²) in [5.41, 5.74) is 1.47. The Labute approximate surface area is 257 Å². The van der Waals surface area contributed by atoms with Crippen LogP contribution in [0.4, 0.5) is 19.3 Å². The number of hydrogen-bond acceptors (Lipinski definition) is 7. The second-order valence-electron chi connectivity index (χ2n) is 11.4. The van der Waals surface area contributed by atoms with Crippen molar-refractivity contribution in [1.82, 2.24) is 14.9 Å². The fourth-order valence-corrected chi connectivity index (χ4v) is 7.69. The number of alkyl carbamates (subject to hydrolysis) is 1. The summed E-state index contributed by atoms with van der Waals surface area (Å²) < 4.78 is 65.9. The molecule has 4 rings (SSSR count). The first-order valence-corrected chi connectivity index (χ1v) is 16.6. The lowest BCUT2D eigenvalue weighted by atomic mass is 9.99. The largest absolute Gasteiger partial charge is 0.453 e. The highest BCUT2D eigenvalue weighted by Gasteiger charge is 2.38. The molecule has 0 aromatic heterocycles. The van der Waals surface area contributed by atoms with Crippen molar-refractivity contribution in [2.45, 2.75) is 75.6 Å². The van der Waals surface area contributed by atoms with Gasteiger partial charge < -0.3 is 25.4 Å². The number of piperazine rings is 1. The number of aryl methyl sites for hydroxylation is 1. The minimum atomic E-state index is -3.39. The third kappa shape index (κ3) is 9.19. The van der Waals surface area contributed by atoms with Gasteiger partial charge in [0, 0.05) is 43.5 Å². The van der Waals surface area contributed by atoms with E-state index in [2.05, 4.69) is 16.0 Å².